The molecule has 0 radical (unpaired) electrons. The van der Waals surface area contributed by atoms with Crippen molar-refractivity contribution in [3.8, 4) is 11.6 Å². The third kappa shape index (κ3) is 5.04. The fourth-order valence-electron chi connectivity index (χ4n) is 5.60. The molecule has 5 heterocycles. The Morgan fingerprint density at radius 3 is 2.83 bits per heavy atom. The molecular formula is C28H26F2N6O5. The minimum atomic E-state index is -1.13. The van der Waals surface area contributed by atoms with Gasteiger partial charge in [-0.15, -0.1) is 0 Å². The number of nitrogens with zero attached hydrogens (tertiary/aromatic N) is 6. The fraction of sp³-hybridized carbons (Fsp3) is 0.321. The van der Waals surface area contributed by atoms with Crippen LogP contribution in [0.1, 0.15) is 24.0 Å². The number of halogens is 2. The fourth-order valence-corrected chi connectivity index (χ4v) is 5.60. The summed E-state index contributed by atoms with van der Waals surface area (Å²) in [5.74, 6) is -2.23. The number of hydrogen-bond donors (Lipinski definition) is 0. The van der Waals surface area contributed by atoms with Crippen LogP contribution in [-0.4, -0.2) is 50.6 Å². The van der Waals surface area contributed by atoms with Gasteiger partial charge in [0.2, 0.25) is 11.7 Å². The molecule has 1 atom stereocenters. The van der Waals surface area contributed by atoms with Gasteiger partial charge in [0.1, 0.15) is 5.52 Å². The van der Waals surface area contributed by atoms with Crippen LogP contribution in [0, 0.1) is 21.7 Å². The maximum atomic E-state index is 14.3. The molecule has 0 spiro atoms. The molecule has 41 heavy (non-hydrogen) atoms. The van der Waals surface area contributed by atoms with E-state index in [0.29, 0.717) is 24.5 Å². The Balaban J connectivity index is 1.34. The van der Waals surface area contributed by atoms with E-state index >= 15 is 0 Å². The summed E-state index contributed by atoms with van der Waals surface area (Å²) >= 11 is 0. The lowest BCUT2D eigenvalue weighted by molar-refractivity contribution is -0.389. The minimum Gasteiger partial charge on any atom is -0.481 e. The zero-order valence-corrected chi connectivity index (χ0v) is 22.1. The standard InChI is InChI=1S/C28H26F2N6O5/c1-40-24-9-17(6-7-31-24)12-34(20-3-2-8-33(15-20)19-4-5-23(32-11-19)36(38)39)13-18-14-35-16-41-28-25(30)22(29)10-21(26(28)35)27(18)37/h4-7,9-11,14,20H,2-3,8,12-13,15-16H2,1H3/t20-/m0/s1. The number of hydrogen-bond acceptors (Lipinski definition) is 9. The van der Waals surface area contributed by atoms with Crippen LogP contribution in [0.3, 0.4) is 0 Å². The highest BCUT2D eigenvalue weighted by Crippen LogP contribution is 2.34. The lowest BCUT2D eigenvalue weighted by Gasteiger charge is -2.40. The highest BCUT2D eigenvalue weighted by molar-refractivity contribution is 5.86. The maximum Gasteiger partial charge on any atom is 0.363 e. The number of anilines is 1. The van der Waals surface area contributed by atoms with E-state index in [-0.39, 0.29) is 47.2 Å². The lowest BCUT2D eigenvalue weighted by Crippen LogP contribution is -2.48. The van der Waals surface area contributed by atoms with Gasteiger partial charge in [0.25, 0.3) is 0 Å². The van der Waals surface area contributed by atoms with Gasteiger partial charge in [0, 0.05) is 62.3 Å². The molecule has 2 aliphatic rings. The van der Waals surface area contributed by atoms with Crippen molar-refractivity contribution in [1.82, 2.24) is 19.4 Å². The van der Waals surface area contributed by atoms with Gasteiger partial charge in [0.15, 0.2) is 29.9 Å². The Morgan fingerprint density at radius 2 is 2.07 bits per heavy atom. The average molecular weight is 565 g/mol. The predicted octanol–water partition coefficient (Wildman–Crippen LogP) is 4.01. The topological polar surface area (TPSA) is 116 Å². The Hall–Kier alpha value is -4.65. The van der Waals surface area contributed by atoms with E-state index in [9.17, 15) is 23.7 Å². The van der Waals surface area contributed by atoms with Crippen molar-refractivity contribution in [3.63, 3.8) is 0 Å². The summed E-state index contributed by atoms with van der Waals surface area (Å²) in [5.41, 5.74) is 1.99. The van der Waals surface area contributed by atoms with Crippen LogP contribution >= 0.6 is 0 Å². The summed E-state index contributed by atoms with van der Waals surface area (Å²) in [6, 6.07) is 7.71. The molecule has 11 nitrogen and oxygen atoms in total. The molecule has 6 rings (SSSR count). The van der Waals surface area contributed by atoms with E-state index in [1.165, 1.54) is 12.3 Å². The number of benzene rings is 1. The maximum absolute atomic E-state index is 14.3. The third-order valence-corrected chi connectivity index (χ3v) is 7.60. The van der Waals surface area contributed by atoms with Crippen LogP contribution in [-0.2, 0) is 19.8 Å². The van der Waals surface area contributed by atoms with Gasteiger partial charge in [-0.3, -0.25) is 9.69 Å². The Morgan fingerprint density at radius 1 is 1.22 bits per heavy atom. The molecule has 212 valence electrons. The predicted molar refractivity (Wildman–Crippen MR) is 145 cm³/mol. The molecule has 0 amide bonds. The molecule has 0 saturated carbocycles. The first kappa shape index (κ1) is 26.6. The number of rotatable bonds is 8. The third-order valence-electron chi connectivity index (χ3n) is 7.60. The SMILES string of the molecule is COc1cc(CN(Cc2cn3c4c(c(F)c(F)cc4c2=O)OC3)[C@H]2CCCN(c3ccc([N+](=O)[O-])nc3)C2)ccn1. The number of aromatic nitrogens is 3. The zero-order chi connectivity index (χ0) is 28.7. The van der Waals surface area contributed by atoms with E-state index in [1.54, 1.807) is 30.1 Å². The van der Waals surface area contributed by atoms with Crippen LogP contribution in [0.4, 0.5) is 20.3 Å². The highest BCUT2D eigenvalue weighted by Gasteiger charge is 2.30. The van der Waals surface area contributed by atoms with E-state index in [2.05, 4.69) is 19.8 Å². The lowest BCUT2D eigenvalue weighted by atomic mass is 10.0. The first-order valence-corrected chi connectivity index (χ1v) is 13.1. The molecule has 1 aromatic carbocycles. The highest BCUT2D eigenvalue weighted by atomic mass is 19.2. The first-order chi connectivity index (χ1) is 19.8. The van der Waals surface area contributed by atoms with Crippen molar-refractivity contribution in [2.45, 2.75) is 38.7 Å². The molecule has 3 aromatic heterocycles. The van der Waals surface area contributed by atoms with Gasteiger partial charge in [-0.1, -0.05) is 0 Å². The van der Waals surface area contributed by atoms with E-state index < -0.39 is 16.6 Å². The van der Waals surface area contributed by atoms with Gasteiger partial charge in [0.05, 0.1) is 18.2 Å². The minimum absolute atomic E-state index is 0.0106. The average Bonchev–Trinajstić information content (AvgIpc) is 3.42. The van der Waals surface area contributed by atoms with Crippen molar-refractivity contribution < 1.29 is 23.2 Å². The Kier molecular flexibility index (Phi) is 6.95. The quantitative estimate of drug-likeness (QED) is 0.231. The summed E-state index contributed by atoms with van der Waals surface area (Å²) < 4.78 is 41.0. The molecule has 0 N–H and O–H groups in total. The van der Waals surface area contributed by atoms with E-state index in [0.717, 1.165) is 36.7 Å². The smallest absolute Gasteiger partial charge is 0.363 e. The van der Waals surface area contributed by atoms with Crippen molar-refractivity contribution in [1.29, 1.82) is 0 Å². The molecule has 1 saturated heterocycles. The molecule has 0 bridgehead atoms. The summed E-state index contributed by atoms with van der Waals surface area (Å²) in [4.78, 5) is 36.5. The largest absolute Gasteiger partial charge is 0.481 e. The second kappa shape index (κ2) is 10.7. The summed E-state index contributed by atoms with van der Waals surface area (Å²) in [6.07, 6.45) is 6.50. The zero-order valence-electron chi connectivity index (χ0n) is 22.1. The number of methoxy groups -OCH3 is 1. The number of piperidine rings is 1. The van der Waals surface area contributed by atoms with Gasteiger partial charge >= 0.3 is 5.82 Å². The normalized spacial score (nSPS) is 16.3. The van der Waals surface area contributed by atoms with E-state index in [1.807, 2.05) is 12.1 Å². The van der Waals surface area contributed by atoms with Crippen molar-refractivity contribution in [2.24, 2.45) is 0 Å². The van der Waals surface area contributed by atoms with Crippen LogP contribution in [0.2, 0.25) is 0 Å². The molecule has 2 aliphatic heterocycles. The number of ether oxygens (including phenoxy) is 2. The molecule has 13 heteroatoms. The van der Waals surface area contributed by atoms with Crippen molar-refractivity contribution >= 4 is 22.4 Å². The second-order valence-electron chi connectivity index (χ2n) is 10.1. The van der Waals surface area contributed by atoms with Gasteiger partial charge in [-0.2, -0.15) is 4.39 Å². The monoisotopic (exact) mass is 564 g/mol. The van der Waals surface area contributed by atoms with Crippen LogP contribution in [0.15, 0.2) is 53.7 Å². The van der Waals surface area contributed by atoms with Crippen LogP contribution < -0.4 is 19.8 Å². The second-order valence-corrected chi connectivity index (χ2v) is 10.1. The van der Waals surface area contributed by atoms with Crippen LogP contribution in [0.25, 0.3) is 10.9 Å². The van der Waals surface area contributed by atoms with Gasteiger partial charge < -0.3 is 29.1 Å². The summed E-state index contributed by atoms with van der Waals surface area (Å²) in [6.45, 7) is 2.03. The van der Waals surface area contributed by atoms with Gasteiger partial charge in [-0.25, -0.2) is 9.37 Å². The number of nitro groups is 1. The number of pyridine rings is 3. The molecular weight excluding hydrogens is 538 g/mol. The molecule has 4 aromatic rings. The Labute approximate surface area is 232 Å². The van der Waals surface area contributed by atoms with Crippen molar-refractivity contribution in [2.75, 3.05) is 25.1 Å². The summed E-state index contributed by atoms with van der Waals surface area (Å²) in [5, 5.41) is 11.1. The molecule has 0 unspecified atom stereocenters. The molecule has 0 aliphatic carbocycles. The van der Waals surface area contributed by atoms with Crippen LogP contribution in [0.5, 0.6) is 11.6 Å². The molecule has 1 fully saturated rings. The van der Waals surface area contributed by atoms with Crippen molar-refractivity contribution in [3.05, 3.63) is 92.0 Å². The van der Waals surface area contributed by atoms with Gasteiger partial charge in [-0.05, 0) is 46.5 Å². The Bertz CT molecular complexity index is 1700. The first-order valence-electron chi connectivity index (χ1n) is 13.1. The summed E-state index contributed by atoms with van der Waals surface area (Å²) in [7, 11) is 1.54. The van der Waals surface area contributed by atoms with E-state index in [4.69, 9.17) is 9.47 Å².